The van der Waals surface area contributed by atoms with Gasteiger partial charge in [-0.25, -0.2) is 15.3 Å². The van der Waals surface area contributed by atoms with Gasteiger partial charge in [0.25, 0.3) is 0 Å². The molecule has 4 aliphatic heterocycles. The highest BCUT2D eigenvalue weighted by Gasteiger charge is 2.51. The summed E-state index contributed by atoms with van der Waals surface area (Å²) in [5, 5.41) is 1.09. The van der Waals surface area contributed by atoms with Crippen molar-refractivity contribution in [2.75, 3.05) is 19.6 Å². The lowest BCUT2D eigenvalue weighted by molar-refractivity contribution is -0.155. The van der Waals surface area contributed by atoms with Crippen molar-refractivity contribution in [2.45, 2.75) is 18.6 Å². The van der Waals surface area contributed by atoms with Crippen LogP contribution in [0, 0.1) is 5.92 Å². The third kappa shape index (κ3) is 1.68. The van der Waals surface area contributed by atoms with Gasteiger partial charge in [0.2, 0.25) is 5.72 Å². The van der Waals surface area contributed by atoms with E-state index in [1.807, 2.05) is 18.2 Å². The molecule has 4 aliphatic rings. The molecule has 2 bridgehead atoms. The highest BCUT2D eigenvalue weighted by molar-refractivity contribution is 6.01. The maximum atomic E-state index is 5.96. The average molecular weight is 283 g/mol. The predicted octanol–water partition coefficient (Wildman–Crippen LogP) is 2.14. The number of nitrogens with one attached hydrogen (secondary N) is 1. The Morgan fingerprint density at radius 1 is 1.24 bits per heavy atom. The molecule has 5 heteroatoms. The van der Waals surface area contributed by atoms with Crippen molar-refractivity contribution in [3.8, 4) is 0 Å². The van der Waals surface area contributed by atoms with Gasteiger partial charge < -0.3 is 4.42 Å². The minimum absolute atomic E-state index is 0.378. The first kappa shape index (κ1) is 11.8. The summed E-state index contributed by atoms with van der Waals surface area (Å²) >= 11 is 0. The third-order valence-corrected chi connectivity index (χ3v) is 5.03. The molecule has 3 fully saturated rings. The minimum Gasteiger partial charge on any atom is -0.464 e. The van der Waals surface area contributed by atoms with Gasteiger partial charge in [-0.05, 0) is 50.2 Å². The Kier molecular flexibility index (Phi) is 2.29. The molecule has 0 radical (unpaired) electrons. The maximum Gasteiger partial charge on any atom is 0.202 e. The lowest BCUT2D eigenvalue weighted by Gasteiger charge is -2.47. The molecule has 5 nitrogen and oxygen atoms in total. The highest BCUT2D eigenvalue weighted by Crippen LogP contribution is 2.41. The lowest BCUT2D eigenvalue weighted by Crippen LogP contribution is -2.58. The van der Waals surface area contributed by atoms with Gasteiger partial charge in [0.1, 0.15) is 5.58 Å². The van der Waals surface area contributed by atoms with Gasteiger partial charge in [-0.15, -0.1) is 0 Å². The molecule has 108 valence electrons. The summed E-state index contributed by atoms with van der Waals surface area (Å²) in [4.78, 5) is 13.3. The number of nitrogens with zero attached hydrogens (tertiary/aromatic N) is 2. The zero-order valence-corrected chi connectivity index (χ0v) is 11.7. The van der Waals surface area contributed by atoms with Gasteiger partial charge in [-0.2, -0.15) is 0 Å². The number of piperidine rings is 3. The number of benzene rings is 1. The van der Waals surface area contributed by atoms with Crippen molar-refractivity contribution < 1.29 is 9.25 Å². The number of hydrogen-bond acceptors (Lipinski definition) is 5. The molecule has 1 atom stereocenters. The average Bonchev–Trinajstić information content (AvgIpc) is 3.15. The number of aliphatic imine (C=N–C) groups is 1. The topological polar surface area (TPSA) is 50.0 Å². The normalized spacial score (nSPS) is 34.4. The van der Waals surface area contributed by atoms with Gasteiger partial charge in [-0.1, -0.05) is 0 Å². The van der Waals surface area contributed by atoms with Crippen molar-refractivity contribution in [1.29, 1.82) is 0 Å². The molecular weight excluding hydrogens is 266 g/mol. The van der Waals surface area contributed by atoms with Gasteiger partial charge in [0, 0.05) is 16.9 Å². The Morgan fingerprint density at radius 3 is 2.95 bits per heavy atom. The van der Waals surface area contributed by atoms with Crippen LogP contribution in [-0.2, 0) is 4.84 Å². The molecular formula is C16H17N3O2. The van der Waals surface area contributed by atoms with E-state index in [0.29, 0.717) is 5.92 Å². The highest BCUT2D eigenvalue weighted by atomic mass is 16.7. The summed E-state index contributed by atoms with van der Waals surface area (Å²) in [7, 11) is 0. The summed E-state index contributed by atoms with van der Waals surface area (Å²) < 4.78 is 5.39. The second-order valence-electron chi connectivity index (χ2n) is 6.23. The molecule has 1 aromatic heterocycles. The lowest BCUT2D eigenvalue weighted by atomic mass is 9.81. The first-order valence-corrected chi connectivity index (χ1v) is 7.56. The smallest absolute Gasteiger partial charge is 0.202 e. The van der Waals surface area contributed by atoms with Crippen LogP contribution in [0.1, 0.15) is 18.4 Å². The molecule has 6 rings (SSSR count). The summed E-state index contributed by atoms with van der Waals surface area (Å²) in [6.45, 7) is 3.27. The van der Waals surface area contributed by atoms with E-state index in [9.17, 15) is 0 Å². The van der Waals surface area contributed by atoms with Crippen LogP contribution >= 0.6 is 0 Å². The van der Waals surface area contributed by atoms with E-state index in [2.05, 4.69) is 16.4 Å². The van der Waals surface area contributed by atoms with Crippen molar-refractivity contribution >= 4 is 16.8 Å². The number of rotatable bonds is 1. The van der Waals surface area contributed by atoms with E-state index in [1.54, 1.807) is 6.26 Å². The molecule has 0 saturated carbocycles. The summed E-state index contributed by atoms with van der Waals surface area (Å²) in [6, 6.07) is 8.07. The quantitative estimate of drug-likeness (QED) is 0.871. The van der Waals surface area contributed by atoms with Crippen LogP contribution in [0.2, 0.25) is 0 Å². The SMILES string of the molecule is c1cc2cc(C3=NC4(CN5CCC4CC5)ON3)ccc2o1. The van der Waals surface area contributed by atoms with Crippen LogP contribution in [0.3, 0.4) is 0 Å². The van der Waals surface area contributed by atoms with Crippen LogP contribution < -0.4 is 5.48 Å². The van der Waals surface area contributed by atoms with Gasteiger partial charge in [0.05, 0.1) is 12.8 Å². The van der Waals surface area contributed by atoms with E-state index in [0.717, 1.165) is 28.9 Å². The monoisotopic (exact) mass is 283 g/mol. The van der Waals surface area contributed by atoms with E-state index in [1.165, 1.54) is 25.9 Å². The standard InChI is InChI=1S/C16H17N3O2/c1-2-14-11(5-8-20-14)9-12(1)15-17-16(21-18-15)10-19-6-3-13(16)4-7-19/h1-2,5,8-9,13H,3-4,6-7,10H2,(H,17,18). The van der Waals surface area contributed by atoms with Gasteiger partial charge in [-0.3, -0.25) is 4.90 Å². The number of amidine groups is 1. The van der Waals surface area contributed by atoms with Crippen molar-refractivity contribution in [2.24, 2.45) is 10.9 Å². The predicted molar refractivity (Wildman–Crippen MR) is 78.9 cm³/mol. The Hall–Kier alpha value is -1.85. The third-order valence-electron chi connectivity index (χ3n) is 5.03. The first-order chi connectivity index (χ1) is 10.3. The van der Waals surface area contributed by atoms with E-state index >= 15 is 0 Å². The zero-order chi connectivity index (χ0) is 13.9. The van der Waals surface area contributed by atoms with Crippen LogP contribution in [0.15, 0.2) is 39.9 Å². The molecule has 21 heavy (non-hydrogen) atoms. The Bertz CT molecular complexity index is 730. The van der Waals surface area contributed by atoms with Crippen molar-refractivity contribution in [1.82, 2.24) is 10.4 Å². The first-order valence-electron chi connectivity index (χ1n) is 7.56. The van der Waals surface area contributed by atoms with Crippen molar-refractivity contribution in [3.05, 3.63) is 36.1 Å². The van der Waals surface area contributed by atoms with E-state index < -0.39 is 0 Å². The molecule has 0 aliphatic carbocycles. The van der Waals surface area contributed by atoms with Crippen LogP contribution in [0.25, 0.3) is 11.0 Å². The molecule has 1 aromatic carbocycles. The van der Waals surface area contributed by atoms with Crippen LogP contribution in [0.5, 0.6) is 0 Å². The fraction of sp³-hybridized carbons (Fsp3) is 0.438. The minimum atomic E-state index is -0.378. The zero-order valence-electron chi connectivity index (χ0n) is 11.7. The number of fused-ring (bicyclic) bond motifs is 3. The number of hydrogen-bond donors (Lipinski definition) is 1. The molecule has 3 saturated heterocycles. The molecule has 1 spiro atoms. The summed E-state index contributed by atoms with van der Waals surface area (Å²) in [5.41, 5.74) is 4.64. The number of furan rings is 1. The summed E-state index contributed by atoms with van der Waals surface area (Å²) in [6.07, 6.45) is 4.07. The molecule has 1 N–H and O–H groups in total. The molecule has 0 amide bonds. The fourth-order valence-electron chi connectivity index (χ4n) is 3.84. The molecule has 1 unspecified atom stereocenters. The Balaban J connectivity index is 1.53. The second-order valence-corrected chi connectivity index (χ2v) is 6.23. The number of hydroxylamine groups is 1. The van der Waals surface area contributed by atoms with Crippen LogP contribution in [-0.4, -0.2) is 36.1 Å². The summed E-state index contributed by atoms with van der Waals surface area (Å²) in [5.74, 6) is 1.37. The molecule has 2 aromatic rings. The molecule has 5 heterocycles. The van der Waals surface area contributed by atoms with Gasteiger partial charge >= 0.3 is 0 Å². The van der Waals surface area contributed by atoms with E-state index in [4.69, 9.17) is 14.2 Å². The van der Waals surface area contributed by atoms with Gasteiger partial charge in [0.15, 0.2) is 5.84 Å². The van der Waals surface area contributed by atoms with Crippen LogP contribution in [0.4, 0.5) is 0 Å². The fourth-order valence-corrected chi connectivity index (χ4v) is 3.84. The Labute approximate surface area is 122 Å². The largest absolute Gasteiger partial charge is 0.464 e. The Morgan fingerprint density at radius 2 is 2.14 bits per heavy atom. The van der Waals surface area contributed by atoms with Crippen molar-refractivity contribution in [3.63, 3.8) is 0 Å². The second kappa shape index (κ2) is 4.08. The van der Waals surface area contributed by atoms with E-state index in [-0.39, 0.29) is 5.72 Å². The maximum absolute atomic E-state index is 5.96.